The van der Waals surface area contributed by atoms with Crippen molar-refractivity contribution in [3.05, 3.63) is 51.7 Å². The van der Waals surface area contributed by atoms with Gasteiger partial charge in [-0.2, -0.15) is 5.10 Å². The van der Waals surface area contributed by atoms with Crippen LogP contribution in [0.1, 0.15) is 33.3 Å². The van der Waals surface area contributed by atoms with Crippen molar-refractivity contribution < 1.29 is 4.79 Å². The zero-order valence-corrected chi connectivity index (χ0v) is 14.4. The van der Waals surface area contributed by atoms with Crippen molar-refractivity contribution in [2.45, 2.75) is 25.3 Å². The summed E-state index contributed by atoms with van der Waals surface area (Å²) >= 11 is 7.54. The SMILES string of the molecule is Cc1nc(-c2ncn[nH]2)sc1C(=O)N[C@@H]1C[C@H]1c1ccccc1Cl. The Morgan fingerprint density at radius 3 is 3.00 bits per heavy atom. The van der Waals surface area contributed by atoms with Crippen molar-refractivity contribution in [3.63, 3.8) is 0 Å². The maximum atomic E-state index is 12.5. The number of halogens is 1. The maximum absolute atomic E-state index is 12.5. The number of nitrogens with zero attached hydrogens (tertiary/aromatic N) is 3. The first-order chi connectivity index (χ1) is 11.6. The lowest BCUT2D eigenvalue weighted by Gasteiger charge is -2.05. The van der Waals surface area contributed by atoms with Crippen LogP contribution in [-0.2, 0) is 0 Å². The zero-order valence-electron chi connectivity index (χ0n) is 12.8. The van der Waals surface area contributed by atoms with Gasteiger partial charge in [0.2, 0.25) is 0 Å². The number of rotatable bonds is 4. The molecule has 4 rings (SSSR count). The van der Waals surface area contributed by atoms with Gasteiger partial charge in [0.1, 0.15) is 11.2 Å². The minimum atomic E-state index is -0.102. The Bertz CT molecular complexity index is 892. The molecule has 1 fully saturated rings. The summed E-state index contributed by atoms with van der Waals surface area (Å²) < 4.78 is 0. The van der Waals surface area contributed by atoms with Crippen LogP contribution in [0.5, 0.6) is 0 Å². The van der Waals surface area contributed by atoms with E-state index < -0.39 is 0 Å². The van der Waals surface area contributed by atoms with Crippen molar-refractivity contribution >= 4 is 28.8 Å². The number of aryl methyl sites for hydroxylation is 1. The quantitative estimate of drug-likeness (QED) is 0.749. The van der Waals surface area contributed by atoms with Crippen molar-refractivity contribution in [1.82, 2.24) is 25.5 Å². The van der Waals surface area contributed by atoms with Gasteiger partial charge in [0.05, 0.1) is 5.69 Å². The standard InChI is InChI=1S/C16H14ClN5OS/c1-8-13(24-16(20-8)14-18-7-19-22-14)15(23)21-12-6-10(12)9-4-2-3-5-11(9)17/h2-5,7,10,12H,6H2,1H3,(H,21,23)(H,18,19,22)/t10-,12+/m0/s1. The Kier molecular flexibility index (Phi) is 3.82. The Morgan fingerprint density at radius 1 is 1.42 bits per heavy atom. The van der Waals surface area contributed by atoms with E-state index in [0.717, 1.165) is 17.0 Å². The van der Waals surface area contributed by atoms with Gasteiger partial charge in [0.15, 0.2) is 10.8 Å². The molecule has 0 bridgehead atoms. The molecule has 8 heteroatoms. The molecule has 1 aliphatic carbocycles. The number of H-pyrrole nitrogens is 1. The van der Waals surface area contributed by atoms with Gasteiger partial charge in [-0.15, -0.1) is 11.3 Å². The summed E-state index contributed by atoms with van der Waals surface area (Å²) in [6.45, 7) is 1.82. The summed E-state index contributed by atoms with van der Waals surface area (Å²) in [6.07, 6.45) is 2.33. The number of amides is 1. The van der Waals surface area contributed by atoms with Crippen LogP contribution < -0.4 is 5.32 Å². The van der Waals surface area contributed by atoms with Crippen LogP contribution >= 0.6 is 22.9 Å². The second-order valence-corrected chi connectivity index (χ2v) is 7.12. The van der Waals surface area contributed by atoms with Crippen LogP contribution in [0.2, 0.25) is 5.02 Å². The molecule has 2 aromatic heterocycles. The predicted molar refractivity (Wildman–Crippen MR) is 92.3 cm³/mol. The number of carbonyl (C=O) groups excluding carboxylic acids is 1. The smallest absolute Gasteiger partial charge is 0.263 e. The van der Waals surface area contributed by atoms with Crippen LogP contribution in [0.3, 0.4) is 0 Å². The molecule has 2 heterocycles. The molecule has 1 amide bonds. The fourth-order valence-electron chi connectivity index (χ4n) is 2.72. The van der Waals surface area contributed by atoms with Gasteiger partial charge in [-0.05, 0) is 25.0 Å². The summed E-state index contributed by atoms with van der Waals surface area (Å²) in [5.41, 5.74) is 1.78. The molecule has 1 aromatic carbocycles. The summed E-state index contributed by atoms with van der Waals surface area (Å²) in [7, 11) is 0. The van der Waals surface area contributed by atoms with Crippen LogP contribution in [-0.4, -0.2) is 32.1 Å². The lowest BCUT2D eigenvalue weighted by Crippen LogP contribution is -2.26. The number of benzene rings is 1. The van der Waals surface area contributed by atoms with Gasteiger partial charge < -0.3 is 5.32 Å². The summed E-state index contributed by atoms with van der Waals surface area (Å²) in [4.78, 5) is 21.6. The molecule has 2 atom stereocenters. The van der Waals surface area contributed by atoms with Gasteiger partial charge in [-0.3, -0.25) is 9.89 Å². The lowest BCUT2D eigenvalue weighted by atomic mass is 10.1. The normalized spacial score (nSPS) is 19.2. The second kappa shape index (κ2) is 5.99. The number of aromatic amines is 1. The lowest BCUT2D eigenvalue weighted by molar-refractivity contribution is 0.0953. The van der Waals surface area contributed by atoms with E-state index in [0.29, 0.717) is 21.4 Å². The zero-order chi connectivity index (χ0) is 16.7. The van der Waals surface area contributed by atoms with E-state index in [4.69, 9.17) is 11.6 Å². The van der Waals surface area contributed by atoms with Crippen LogP contribution in [0.25, 0.3) is 10.8 Å². The molecule has 0 saturated heterocycles. The average Bonchev–Trinajstić information content (AvgIpc) is 2.99. The molecule has 0 aliphatic heterocycles. The molecule has 122 valence electrons. The molecule has 1 aliphatic rings. The number of hydrogen-bond donors (Lipinski definition) is 2. The molecular formula is C16H14ClN5OS. The van der Waals surface area contributed by atoms with Gasteiger partial charge in [0, 0.05) is 17.0 Å². The van der Waals surface area contributed by atoms with E-state index >= 15 is 0 Å². The highest BCUT2D eigenvalue weighted by Crippen LogP contribution is 2.43. The first kappa shape index (κ1) is 15.3. The summed E-state index contributed by atoms with van der Waals surface area (Å²) in [5.74, 6) is 0.752. The largest absolute Gasteiger partial charge is 0.348 e. The third-order valence-corrected chi connectivity index (χ3v) is 5.54. The Hall–Kier alpha value is -2.25. The number of nitrogens with one attached hydrogen (secondary N) is 2. The maximum Gasteiger partial charge on any atom is 0.263 e. The Morgan fingerprint density at radius 2 is 2.25 bits per heavy atom. The van der Waals surface area contributed by atoms with E-state index in [9.17, 15) is 4.79 Å². The molecular weight excluding hydrogens is 346 g/mol. The molecule has 2 N–H and O–H groups in total. The van der Waals surface area contributed by atoms with Gasteiger partial charge in [-0.25, -0.2) is 9.97 Å². The topological polar surface area (TPSA) is 83.6 Å². The molecule has 24 heavy (non-hydrogen) atoms. The fraction of sp³-hybridized carbons (Fsp3) is 0.250. The number of carbonyl (C=O) groups is 1. The van der Waals surface area contributed by atoms with E-state index in [1.807, 2.05) is 31.2 Å². The van der Waals surface area contributed by atoms with Crippen LogP contribution in [0.15, 0.2) is 30.6 Å². The molecule has 6 nitrogen and oxygen atoms in total. The van der Waals surface area contributed by atoms with E-state index in [2.05, 4.69) is 25.5 Å². The second-order valence-electron chi connectivity index (χ2n) is 5.71. The first-order valence-electron chi connectivity index (χ1n) is 7.52. The molecule has 0 radical (unpaired) electrons. The first-order valence-corrected chi connectivity index (χ1v) is 8.71. The summed E-state index contributed by atoms with van der Waals surface area (Å²) in [6, 6.07) is 7.89. The fourth-order valence-corrected chi connectivity index (χ4v) is 3.92. The number of thiazole rings is 1. The molecule has 0 spiro atoms. The van der Waals surface area contributed by atoms with E-state index in [1.165, 1.54) is 17.7 Å². The van der Waals surface area contributed by atoms with Crippen molar-refractivity contribution in [3.8, 4) is 10.8 Å². The summed E-state index contributed by atoms with van der Waals surface area (Å²) in [5, 5.41) is 11.1. The van der Waals surface area contributed by atoms with E-state index in [1.54, 1.807) is 0 Å². The Labute approximate surface area is 147 Å². The van der Waals surface area contributed by atoms with E-state index in [-0.39, 0.29) is 17.9 Å². The highest BCUT2D eigenvalue weighted by atomic mass is 35.5. The third kappa shape index (κ3) is 2.81. The minimum Gasteiger partial charge on any atom is -0.348 e. The highest BCUT2D eigenvalue weighted by Gasteiger charge is 2.41. The number of aromatic nitrogens is 4. The van der Waals surface area contributed by atoms with Crippen molar-refractivity contribution in [1.29, 1.82) is 0 Å². The van der Waals surface area contributed by atoms with Gasteiger partial charge >= 0.3 is 0 Å². The molecule has 0 unspecified atom stereocenters. The molecule has 1 saturated carbocycles. The van der Waals surface area contributed by atoms with Crippen LogP contribution in [0.4, 0.5) is 0 Å². The van der Waals surface area contributed by atoms with Crippen LogP contribution in [0, 0.1) is 6.92 Å². The average molecular weight is 360 g/mol. The predicted octanol–water partition coefficient (Wildman–Crippen LogP) is 3.18. The monoisotopic (exact) mass is 359 g/mol. The Balaban J connectivity index is 1.47. The van der Waals surface area contributed by atoms with Crippen molar-refractivity contribution in [2.24, 2.45) is 0 Å². The highest BCUT2D eigenvalue weighted by molar-refractivity contribution is 7.17. The van der Waals surface area contributed by atoms with Gasteiger partial charge in [-0.1, -0.05) is 29.8 Å². The van der Waals surface area contributed by atoms with Gasteiger partial charge in [0.25, 0.3) is 5.91 Å². The molecule has 3 aromatic rings. The number of hydrogen-bond acceptors (Lipinski definition) is 5. The third-order valence-electron chi connectivity index (χ3n) is 4.03. The minimum absolute atomic E-state index is 0.102. The van der Waals surface area contributed by atoms with Crippen molar-refractivity contribution in [2.75, 3.05) is 0 Å².